The molecule has 5 aromatic rings. The summed E-state index contributed by atoms with van der Waals surface area (Å²) in [4.78, 5) is 36.5. The summed E-state index contributed by atoms with van der Waals surface area (Å²) in [5.41, 5.74) is 3.81. The lowest BCUT2D eigenvalue weighted by Crippen LogP contribution is -2.52. The Morgan fingerprint density at radius 2 is 1.32 bits per heavy atom. The predicted octanol–water partition coefficient (Wildman–Crippen LogP) is 4.73. The van der Waals surface area contributed by atoms with E-state index in [1.807, 2.05) is 72.3 Å². The van der Waals surface area contributed by atoms with Crippen molar-refractivity contribution in [1.29, 1.82) is 0 Å². The molecule has 0 radical (unpaired) electrons. The number of aliphatic hydroxyl groups is 2. The average Bonchev–Trinajstić information content (AvgIpc) is 3.61. The fraction of sp³-hybridized carbons (Fsp3) is 0.275. The molecule has 1 amide bonds. The number of aliphatic carboxylic acids is 2. The van der Waals surface area contributed by atoms with Crippen LogP contribution >= 0.6 is 0 Å². The highest BCUT2D eigenvalue weighted by molar-refractivity contribution is 6.06. The summed E-state index contributed by atoms with van der Waals surface area (Å²) >= 11 is 0. The van der Waals surface area contributed by atoms with Crippen molar-refractivity contribution in [2.75, 3.05) is 32.8 Å². The van der Waals surface area contributed by atoms with Crippen LogP contribution in [0.25, 0.3) is 27.7 Å². The van der Waals surface area contributed by atoms with Gasteiger partial charge in [-0.25, -0.2) is 0 Å². The summed E-state index contributed by atoms with van der Waals surface area (Å²) in [6.07, 6.45) is 1.94. The largest absolute Gasteiger partial charge is 0.496 e. The minimum atomic E-state index is -1.56. The van der Waals surface area contributed by atoms with Gasteiger partial charge in [-0.1, -0.05) is 36.4 Å². The van der Waals surface area contributed by atoms with Gasteiger partial charge >= 0.3 is 11.9 Å². The number of hydrogen-bond donors (Lipinski definition) is 7. The van der Waals surface area contributed by atoms with Crippen molar-refractivity contribution < 1.29 is 44.3 Å². The van der Waals surface area contributed by atoms with E-state index in [0.717, 1.165) is 38.8 Å². The number of carbonyl (C=O) groups excluding carboxylic acids is 1. The van der Waals surface area contributed by atoms with Gasteiger partial charge in [-0.3, -0.25) is 25.0 Å². The third-order valence-corrected chi connectivity index (χ3v) is 9.61. The zero-order valence-corrected chi connectivity index (χ0v) is 30.2. The molecular weight excluding hydrogens is 680 g/mol. The van der Waals surface area contributed by atoms with Crippen molar-refractivity contribution in [1.82, 2.24) is 15.2 Å². The molecule has 0 bridgehead atoms. The fourth-order valence-corrected chi connectivity index (χ4v) is 5.92. The van der Waals surface area contributed by atoms with E-state index in [-0.39, 0.29) is 19.0 Å². The molecule has 1 aromatic heterocycles. The molecule has 13 nitrogen and oxygen atoms in total. The molecule has 0 saturated heterocycles. The van der Waals surface area contributed by atoms with Crippen molar-refractivity contribution in [2.24, 2.45) is 0 Å². The summed E-state index contributed by atoms with van der Waals surface area (Å²) in [6, 6.07) is 24.2. The second-order valence-corrected chi connectivity index (χ2v) is 13.2. The van der Waals surface area contributed by atoms with Gasteiger partial charge in [0, 0.05) is 48.1 Å². The number of nitrogens with one attached hydrogen (secondary N) is 3. The number of nitrogens with zero attached hydrogens (tertiary/aromatic N) is 1. The van der Waals surface area contributed by atoms with Crippen LogP contribution in [0, 0.1) is 6.92 Å². The highest BCUT2D eigenvalue weighted by atomic mass is 16.5. The van der Waals surface area contributed by atoms with Crippen LogP contribution in [0.4, 0.5) is 5.69 Å². The molecule has 0 aliphatic carbocycles. The maximum absolute atomic E-state index is 13.3. The van der Waals surface area contributed by atoms with Crippen molar-refractivity contribution in [3.63, 3.8) is 0 Å². The number of hydrogen-bond acceptors (Lipinski definition) is 9. The van der Waals surface area contributed by atoms with Gasteiger partial charge < -0.3 is 39.8 Å². The Kier molecular flexibility index (Phi) is 11.5. The Morgan fingerprint density at radius 3 is 1.89 bits per heavy atom. The van der Waals surface area contributed by atoms with E-state index in [9.17, 15) is 34.8 Å². The number of anilines is 1. The number of carbonyl (C=O) groups is 3. The van der Waals surface area contributed by atoms with Crippen LogP contribution in [0.5, 0.6) is 11.5 Å². The zero-order valence-electron chi connectivity index (χ0n) is 30.2. The molecule has 5 rings (SSSR count). The first-order chi connectivity index (χ1) is 25.3. The predicted molar refractivity (Wildman–Crippen MR) is 201 cm³/mol. The van der Waals surface area contributed by atoms with Gasteiger partial charge in [-0.2, -0.15) is 0 Å². The number of rotatable bonds is 16. The van der Waals surface area contributed by atoms with Crippen LogP contribution in [-0.2, 0) is 22.7 Å². The van der Waals surface area contributed by atoms with E-state index < -0.39 is 36.2 Å². The smallest absolute Gasteiger partial charge is 0.326 e. The van der Waals surface area contributed by atoms with E-state index in [4.69, 9.17) is 9.47 Å². The van der Waals surface area contributed by atoms with E-state index in [2.05, 4.69) is 16.0 Å². The number of amides is 1. The second-order valence-electron chi connectivity index (χ2n) is 13.2. The van der Waals surface area contributed by atoms with Crippen LogP contribution in [-0.4, -0.2) is 81.4 Å². The number of benzene rings is 4. The van der Waals surface area contributed by atoms with Gasteiger partial charge in [0.05, 0.1) is 44.2 Å². The highest BCUT2D eigenvalue weighted by Crippen LogP contribution is 2.38. The average molecular weight is 725 g/mol. The quantitative estimate of drug-likeness (QED) is 0.0745. The third kappa shape index (κ3) is 7.88. The maximum Gasteiger partial charge on any atom is 0.326 e. The molecule has 4 aromatic carbocycles. The van der Waals surface area contributed by atoms with Crippen molar-refractivity contribution in [2.45, 2.75) is 44.9 Å². The molecular formula is C40H44N4O9. The lowest BCUT2D eigenvalue weighted by atomic mass is 9.96. The number of carboxylic acid groups (broad SMARTS) is 2. The maximum atomic E-state index is 13.3. The summed E-state index contributed by atoms with van der Waals surface area (Å²) < 4.78 is 13.4. The van der Waals surface area contributed by atoms with Gasteiger partial charge in [0.25, 0.3) is 5.91 Å². The Balaban J connectivity index is 1.40. The minimum Gasteiger partial charge on any atom is -0.496 e. The van der Waals surface area contributed by atoms with Gasteiger partial charge in [-0.05, 0) is 73.4 Å². The molecule has 2 atom stereocenters. The topological polar surface area (TPSA) is 192 Å². The van der Waals surface area contributed by atoms with Crippen LogP contribution < -0.4 is 25.4 Å². The molecule has 278 valence electrons. The standard InChI is InChI=1S/C40H44N4O9/c1-24-28(8-6-10-32(24)43-36(47)26-14-12-25(13-15-26)20-41-39(2,22-45)37(48)49)29-9-7-11-33-30(29)16-17-44(33)27-18-34(52-4)31(35(19-27)53-5)21-42-40(3,23-46)38(50)51/h6-19,41-42,45-46H,20-23H2,1-5H3,(H,43,47)(H,48,49)(H,50,51). The van der Waals surface area contributed by atoms with E-state index >= 15 is 0 Å². The summed E-state index contributed by atoms with van der Waals surface area (Å²) in [5, 5.41) is 47.9. The Labute approximate surface area is 306 Å². The molecule has 0 spiro atoms. The molecule has 0 aliphatic heterocycles. The number of fused-ring (bicyclic) bond motifs is 1. The Morgan fingerprint density at radius 1 is 0.755 bits per heavy atom. The van der Waals surface area contributed by atoms with E-state index in [1.165, 1.54) is 28.1 Å². The van der Waals surface area contributed by atoms with Crippen molar-refractivity contribution in [3.05, 3.63) is 107 Å². The number of aliphatic hydroxyl groups excluding tert-OH is 2. The highest BCUT2D eigenvalue weighted by Gasteiger charge is 2.33. The SMILES string of the molecule is COc1cc(-n2ccc3c(-c4cccc(NC(=O)c5ccc(CNC(C)(CO)C(=O)O)cc5)c4C)cccc32)cc(OC)c1CNC(C)(CO)C(=O)O. The molecule has 1 heterocycles. The van der Waals surface area contributed by atoms with Crippen molar-refractivity contribution in [3.8, 4) is 28.3 Å². The number of carboxylic acids is 2. The van der Waals surface area contributed by atoms with Crippen LogP contribution in [0.3, 0.4) is 0 Å². The van der Waals surface area contributed by atoms with Crippen LogP contribution in [0.2, 0.25) is 0 Å². The molecule has 0 fully saturated rings. The van der Waals surface area contributed by atoms with Gasteiger partial charge in [0.1, 0.15) is 22.6 Å². The van der Waals surface area contributed by atoms with E-state index in [0.29, 0.717) is 28.3 Å². The monoisotopic (exact) mass is 724 g/mol. The molecule has 13 heteroatoms. The summed E-state index contributed by atoms with van der Waals surface area (Å²) in [6.45, 7) is 3.85. The molecule has 0 aliphatic rings. The minimum absolute atomic E-state index is 0.0705. The Bertz CT molecular complexity index is 2120. The lowest BCUT2D eigenvalue weighted by molar-refractivity contribution is -0.146. The third-order valence-electron chi connectivity index (χ3n) is 9.61. The van der Waals surface area contributed by atoms with Crippen molar-refractivity contribution >= 4 is 34.4 Å². The number of aromatic nitrogens is 1. The molecule has 7 N–H and O–H groups in total. The molecule has 0 saturated carbocycles. The van der Waals surface area contributed by atoms with Gasteiger partial charge in [0.2, 0.25) is 0 Å². The normalized spacial score (nSPS) is 13.6. The fourth-order valence-electron chi connectivity index (χ4n) is 5.92. The summed E-state index contributed by atoms with van der Waals surface area (Å²) in [5.74, 6) is -1.69. The Hall–Kier alpha value is -5.73. The first-order valence-corrected chi connectivity index (χ1v) is 16.8. The van der Waals surface area contributed by atoms with Crippen LogP contribution in [0.1, 0.15) is 40.9 Å². The van der Waals surface area contributed by atoms with E-state index in [1.54, 1.807) is 24.3 Å². The first-order valence-electron chi connectivity index (χ1n) is 16.8. The number of methoxy groups -OCH3 is 2. The second kappa shape index (κ2) is 15.9. The summed E-state index contributed by atoms with van der Waals surface area (Å²) in [7, 11) is 3.05. The first kappa shape index (κ1) is 38.5. The lowest BCUT2D eigenvalue weighted by Gasteiger charge is -2.25. The van der Waals surface area contributed by atoms with Crippen LogP contribution in [0.15, 0.2) is 85.1 Å². The van der Waals surface area contributed by atoms with Gasteiger partial charge in [0.15, 0.2) is 0 Å². The molecule has 2 unspecified atom stereocenters. The number of ether oxygens (including phenoxy) is 2. The van der Waals surface area contributed by atoms with Gasteiger partial charge in [-0.15, -0.1) is 0 Å². The molecule has 53 heavy (non-hydrogen) atoms. The zero-order chi connectivity index (χ0) is 38.5.